The number of carbonyl (C=O) groups excluding carboxylic acids is 1. The highest BCUT2D eigenvalue weighted by atomic mass is 32.2. The summed E-state index contributed by atoms with van der Waals surface area (Å²) >= 11 is 3.02. The molecule has 2 rings (SSSR count). The molecule has 0 aliphatic heterocycles. The molecule has 1 aromatic carbocycles. The minimum atomic E-state index is -0.879. The average Bonchev–Trinajstić information content (AvgIpc) is 2.46. The minimum Gasteiger partial charge on any atom is -0.480 e. The fourth-order valence-electron chi connectivity index (χ4n) is 2.36. The summed E-state index contributed by atoms with van der Waals surface area (Å²) < 4.78 is 0.187. The van der Waals surface area contributed by atoms with Crippen molar-refractivity contribution in [3.8, 4) is 0 Å². The molecule has 1 aliphatic rings. The number of hydrogen-bond acceptors (Lipinski definition) is 4. The van der Waals surface area contributed by atoms with E-state index in [0.29, 0.717) is 17.0 Å². The molecule has 0 radical (unpaired) electrons. The number of carbonyl (C=O) groups is 2. The predicted molar refractivity (Wildman–Crippen MR) is 91.8 cm³/mol. The molecule has 0 aromatic heterocycles. The Morgan fingerprint density at radius 2 is 2.05 bits per heavy atom. The lowest BCUT2D eigenvalue weighted by Gasteiger charge is -2.40. The van der Waals surface area contributed by atoms with Crippen LogP contribution in [0.3, 0.4) is 0 Å². The first-order valence-electron chi connectivity index (χ1n) is 7.29. The Morgan fingerprint density at radius 3 is 2.59 bits per heavy atom. The molecule has 2 N–H and O–H groups in total. The lowest BCUT2D eigenvalue weighted by Crippen LogP contribution is -2.45. The monoisotopic (exact) mass is 339 g/mol. The van der Waals surface area contributed by atoms with Crippen LogP contribution in [0.1, 0.15) is 36.5 Å². The molecule has 6 heteroatoms. The van der Waals surface area contributed by atoms with Crippen molar-refractivity contribution >= 4 is 35.4 Å². The van der Waals surface area contributed by atoms with Crippen LogP contribution in [-0.4, -0.2) is 39.8 Å². The molecule has 0 heterocycles. The van der Waals surface area contributed by atoms with Crippen molar-refractivity contribution in [1.29, 1.82) is 0 Å². The Bertz CT molecular complexity index is 553. The maximum Gasteiger partial charge on any atom is 0.316 e. The van der Waals surface area contributed by atoms with Gasteiger partial charge in [-0.15, -0.1) is 11.8 Å². The number of carboxylic acids is 1. The molecule has 1 amide bonds. The third-order valence-electron chi connectivity index (χ3n) is 4.05. The van der Waals surface area contributed by atoms with Crippen molar-refractivity contribution < 1.29 is 14.7 Å². The zero-order chi connectivity index (χ0) is 16.2. The predicted octanol–water partition coefficient (Wildman–Crippen LogP) is 3.27. The van der Waals surface area contributed by atoms with Gasteiger partial charge in [0.2, 0.25) is 0 Å². The molecular weight excluding hydrogens is 318 g/mol. The number of rotatable bonds is 7. The normalized spacial score (nSPS) is 17.4. The highest BCUT2D eigenvalue weighted by Gasteiger charge is 2.36. The van der Waals surface area contributed by atoms with Crippen LogP contribution >= 0.6 is 23.5 Å². The van der Waals surface area contributed by atoms with E-state index >= 15 is 0 Å². The van der Waals surface area contributed by atoms with Gasteiger partial charge < -0.3 is 10.4 Å². The van der Waals surface area contributed by atoms with E-state index in [4.69, 9.17) is 5.11 Å². The average molecular weight is 339 g/mol. The number of carboxylic acid groups (broad SMARTS) is 1. The fourth-order valence-corrected chi connectivity index (χ4v) is 4.20. The largest absolute Gasteiger partial charge is 0.480 e. The number of aliphatic carboxylic acids is 1. The van der Waals surface area contributed by atoms with Gasteiger partial charge in [0.1, 0.15) is 5.25 Å². The summed E-state index contributed by atoms with van der Waals surface area (Å²) in [6.07, 6.45) is 5.59. The first kappa shape index (κ1) is 17.2. The van der Waals surface area contributed by atoms with Gasteiger partial charge in [-0.2, -0.15) is 11.8 Å². The maximum absolute atomic E-state index is 12.4. The van der Waals surface area contributed by atoms with Crippen LogP contribution in [0, 0.1) is 0 Å². The van der Waals surface area contributed by atoms with E-state index in [1.807, 2.05) is 17.8 Å². The molecule has 0 bridgehead atoms. The molecule has 22 heavy (non-hydrogen) atoms. The van der Waals surface area contributed by atoms with Crippen LogP contribution in [0.4, 0.5) is 0 Å². The second-order valence-electron chi connectivity index (χ2n) is 5.52. The first-order valence-corrected chi connectivity index (χ1v) is 9.40. The summed E-state index contributed by atoms with van der Waals surface area (Å²) in [6, 6.07) is 7.17. The standard InChI is InChI=1S/C16H21NO3S2/c1-11(15(19)20)22-13-7-4-3-6-12(13)14(18)17-10-16(21-2)8-5-9-16/h3-4,6-7,11H,5,8-10H2,1-2H3,(H,17,18)(H,19,20). The van der Waals surface area contributed by atoms with Gasteiger partial charge in [-0.25, -0.2) is 0 Å². The second kappa shape index (κ2) is 7.42. The fraction of sp³-hybridized carbons (Fsp3) is 0.500. The van der Waals surface area contributed by atoms with Gasteiger partial charge in [-0.3, -0.25) is 9.59 Å². The third-order valence-corrected chi connectivity index (χ3v) is 6.64. The summed E-state index contributed by atoms with van der Waals surface area (Å²) in [5, 5.41) is 11.5. The SMILES string of the molecule is CSC1(CNC(=O)c2ccccc2SC(C)C(=O)O)CCC1. The van der Waals surface area contributed by atoms with E-state index in [9.17, 15) is 9.59 Å². The summed E-state index contributed by atoms with van der Waals surface area (Å²) in [5.41, 5.74) is 0.552. The van der Waals surface area contributed by atoms with E-state index in [1.165, 1.54) is 18.2 Å². The molecule has 1 aliphatic carbocycles. The van der Waals surface area contributed by atoms with Crippen LogP contribution in [0.25, 0.3) is 0 Å². The van der Waals surface area contributed by atoms with Gasteiger partial charge in [0, 0.05) is 16.2 Å². The maximum atomic E-state index is 12.4. The van der Waals surface area contributed by atoms with Crippen LogP contribution in [0.5, 0.6) is 0 Å². The summed E-state index contributed by atoms with van der Waals surface area (Å²) in [5.74, 6) is -1.00. The molecule has 1 atom stereocenters. The van der Waals surface area contributed by atoms with Gasteiger partial charge in [0.15, 0.2) is 0 Å². The van der Waals surface area contributed by atoms with E-state index in [2.05, 4.69) is 11.6 Å². The highest BCUT2D eigenvalue weighted by Crippen LogP contribution is 2.42. The van der Waals surface area contributed by atoms with Crippen molar-refractivity contribution in [2.75, 3.05) is 12.8 Å². The van der Waals surface area contributed by atoms with E-state index in [0.717, 1.165) is 12.8 Å². The topological polar surface area (TPSA) is 66.4 Å². The van der Waals surface area contributed by atoms with Crippen LogP contribution in [0.2, 0.25) is 0 Å². The molecule has 120 valence electrons. The van der Waals surface area contributed by atoms with E-state index in [-0.39, 0.29) is 10.7 Å². The van der Waals surface area contributed by atoms with Crippen molar-refractivity contribution in [1.82, 2.24) is 5.32 Å². The zero-order valence-corrected chi connectivity index (χ0v) is 14.4. The zero-order valence-electron chi connectivity index (χ0n) is 12.8. The van der Waals surface area contributed by atoms with Crippen molar-refractivity contribution in [3.63, 3.8) is 0 Å². The number of nitrogens with one attached hydrogen (secondary N) is 1. The number of benzene rings is 1. The van der Waals surface area contributed by atoms with Gasteiger partial charge >= 0.3 is 5.97 Å². The summed E-state index contributed by atoms with van der Waals surface area (Å²) in [4.78, 5) is 24.2. The van der Waals surface area contributed by atoms with Crippen molar-refractivity contribution in [2.24, 2.45) is 0 Å². The molecule has 1 saturated carbocycles. The van der Waals surface area contributed by atoms with Crippen molar-refractivity contribution in [3.05, 3.63) is 29.8 Å². The van der Waals surface area contributed by atoms with Gasteiger partial charge in [0.05, 0.1) is 5.56 Å². The Hall–Kier alpha value is -1.14. The smallest absolute Gasteiger partial charge is 0.316 e. The molecule has 0 spiro atoms. The van der Waals surface area contributed by atoms with Gasteiger partial charge in [-0.1, -0.05) is 18.6 Å². The third kappa shape index (κ3) is 3.98. The van der Waals surface area contributed by atoms with Crippen LogP contribution in [-0.2, 0) is 4.79 Å². The molecule has 1 fully saturated rings. The second-order valence-corrected chi connectivity index (χ2v) is 8.17. The Balaban J connectivity index is 2.04. The molecule has 4 nitrogen and oxygen atoms in total. The Kier molecular flexibility index (Phi) is 5.81. The van der Waals surface area contributed by atoms with Gasteiger partial charge in [-0.05, 0) is 38.2 Å². The highest BCUT2D eigenvalue weighted by molar-refractivity contribution is 8.00. The van der Waals surface area contributed by atoms with Crippen LogP contribution < -0.4 is 5.32 Å². The van der Waals surface area contributed by atoms with Crippen LogP contribution in [0.15, 0.2) is 29.2 Å². The molecule has 0 saturated heterocycles. The first-order chi connectivity index (χ1) is 10.5. The number of thioether (sulfide) groups is 2. The number of amides is 1. The minimum absolute atomic E-state index is 0.124. The Morgan fingerprint density at radius 1 is 1.36 bits per heavy atom. The molecule has 1 unspecified atom stereocenters. The van der Waals surface area contributed by atoms with E-state index < -0.39 is 11.2 Å². The molecular formula is C16H21NO3S2. The van der Waals surface area contributed by atoms with E-state index in [1.54, 1.807) is 25.1 Å². The summed E-state index contributed by atoms with van der Waals surface area (Å²) in [6.45, 7) is 2.29. The Labute approximate surface area is 139 Å². The van der Waals surface area contributed by atoms with Gasteiger partial charge in [0.25, 0.3) is 5.91 Å². The van der Waals surface area contributed by atoms with Crippen molar-refractivity contribution in [2.45, 2.75) is 41.1 Å². The lowest BCUT2D eigenvalue weighted by molar-refractivity contribution is -0.136. The number of hydrogen-bond donors (Lipinski definition) is 2. The summed E-state index contributed by atoms with van der Waals surface area (Å²) in [7, 11) is 0. The quantitative estimate of drug-likeness (QED) is 0.746. The molecule has 1 aromatic rings. The lowest BCUT2D eigenvalue weighted by atomic mass is 9.84.